The van der Waals surface area contributed by atoms with E-state index >= 15 is 0 Å². The van der Waals surface area contributed by atoms with Gasteiger partial charge >= 0.3 is 24.7 Å². The number of benzene rings is 1. The van der Waals surface area contributed by atoms with E-state index in [1.807, 2.05) is 0 Å². The van der Waals surface area contributed by atoms with E-state index in [0.717, 1.165) is 18.2 Å². The number of alkyl halides is 12. The summed E-state index contributed by atoms with van der Waals surface area (Å²) < 4.78 is 164. The summed E-state index contributed by atoms with van der Waals surface area (Å²) in [5.41, 5.74) is -1.35. The molecular weight excluding hydrogens is 562 g/mol. The number of carbonyl (C=O) groups is 1. The average molecular weight is 572 g/mol. The summed E-state index contributed by atoms with van der Waals surface area (Å²) in [5.74, 6) is -1.34. The van der Waals surface area contributed by atoms with Gasteiger partial charge in [-0.1, -0.05) is 22.0 Å². The minimum absolute atomic E-state index is 0.0401. The highest BCUT2D eigenvalue weighted by Crippen LogP contribution is 2.49. The fourth-order valence-electron chi connectivity index (χ4n) is 2.98. The van der Waals surface area contributed by atoms with Crippen LogP contribution < -0.4 is 4.90 Å². The lowest BCUT2D eigenvalue weighted by atomic mass is 10.1. The third kappa shape index (κ3) is 6.03. The summed E-state index contributed by atoms with van der Waals surface area (Å²) in [6, 6.07) is 2.66. The Morgan fingerprint density at radius 3 is 1.67 bits per heavy atom. The molecule has 0 N–H and O–H groups in total. The normalized spacial score (nSPS) is 20.1. The van der Waals surface area contributed by atoms with Crippen molar-refractivity contribution in [2.24, 2.45) is 0 Å². The molecule has 2 atom stereocenters. The van der Waals surface area contributed by atoms with Gasteiger partial charge in [0.05, 0.1) is 5.69 Å². The standard InChI is InChI=1S/C16H10BrF12NO3/c1-5(31)30-8-4-6(17)2-3-7(8)9(32-11(13(18,19)20)14(21,22)23)10(30)33-12(15(24,25)26)16(27,28)29/h2-4,9-12H,1H3. The molecule has 0 bridgehead atoms. The average Bonchev–Trinajstić information content (AvgIpc) is 2.85. The van der Waals surface area contributed by atoms with Crippen LogP contribution in [-0.4, -0.2) is 49.0 Å². The third-order valence-electron chi connectivity index (χ3n) is 4.16. The summed E-state index contributed by atoms with van der Waals surface area (Å²) >= 11 is 2.87. The van der Waals surface area contributed by atoms with E-state index in [9.17, 15) is 57.5 Å². The largest absolute Gasteiger partial charge is 0.423 e. The van der Waals surface area contributed by atoms with E-state index in [0.29, 0.717) is 6.92 Å². The molecule has 0 spiro atoms. The summed E-state index contributed by atoms with van der Waals surface area (Å²) in [7, 11) is 0. The lowest BCUT2D eigenvalue weighted by Crippen LogP contribution is -2.53. The van der Waals surface area contributed by atoms with Gasteiger partial charge in [0.15, 0.2) is 6.23 Å². The summed E-state index contributed by atoms with van der Waals surface area (Å²) in [5, 5.41) is 0. The molecule has 1 heterocycles. The van der Waals surface area contributed by atoms with E-state index in [1.165, 1.54) is 0 Å². The predicted octanol–water partition coefficient (Wildman–Crippen LogP) is 6.20. The van der Waals surface area contributed by atoms with E-state index in [1.54, 1.807) is 0 Å². The van der Waals surface area contributed by atoms with Crippen LogP contribution in [-0.2, 0) is 14.3 Å². The maximum atomic E-state index is 13.0. The van der Waals surface area contributed by atoms with Crippen molar-refractivity contribution in [2.45, 2.75) is 56.2 Å². The van der Waals surface area contributed by atoms with Gasteiger partial charge in [-0.3, -0.25) is 9.69 Å². The molecule has 1 aromatic rings. The molecule has 1 aliphatic rings. The number of carbonyl (C=O) groups excluding carboxylic acids is 1. The van der Waals surface area contributed by atoms with Crippen LogP contribution in [0.3, 0.4) is 0 Å². The first-order valence-electron chi connectivity index (χ1n) is 8.32. The Morgan fingerprint density at radius 2 is 1.27 bits per heavy atom. The van der Waals surface area contributed by atoms with Crippen molar-refractivity contribution in [1.82, 2.24) is 0 Å². The number of hydrogen-bond donors (Lipinski definition) is 0. The fourth-order valence-corrected chi connectivity index (χ4v) is 3.33. The number of nitrogens with zero attached hydrogens (tertiary/aromatic N) is 1. The lowest BCUT2D eigenvalue weighted by Gasteiger charge is -2.34. The number of fused-ring (bicyclic) bond motifs is 1. The van der Waals surface area contributed by atoms with Gasteiger partial charge in [0, 0.05) is 17.0 Å². The van der Waals surface area contributed by atoms with Gasteiger partial charge in [0.25, 0.3) is 6.10 Å². The molecule has 4 nitrogen and oxygen atoms in total. The Kier molecular flexibility index (Phi) is 7.33. The van der Waals surface area contributed by atoms with Crippen molar-refractivity contribution in [2.75, 3.05) is 4.90 Å². The zero-order chi connectivity index (χ0) is 25.7. The maximum Gasteiger partial charge on any atom is 0.423 e. The van der Waals surface area contributed by atoms with Crippen LogP contribution in [0.15, 0.2) is 22.7 Å². The van der Waals surface area contributed by atoms with Gasteiger partial charge in [0.1, 0.15) is 6.10 Å². The second-order valence-corrected chi connectivity index (χ2v) is 7.52. The van der Waals surface area contributed by atoms with Crippen LogP contribution in [0.5, 0.6) is 0 Å². The van der Waals surface area contributed by atoms with Crippen molar-refractivity contribution >= 4 is 27.5 Å². The van der Waals surface area contributed by atoms with Gasteiger partial charge in [-0.25, -0.2) is 0 Å². The molecule has 0 radical (unpaired) electrons. The highest BCUT2D eigenvalue weighted by molar-refractivity contribution is 9.10. The number of halogens is 13. The SMILES string of the molecule is CC(=O)N1c2cc(Br)ccc2C(OC(C(F)(F)F)C(F)(F)F)C1OC(C(F)(F)F)C(F)(F)F. The van der Waals surface area contributed by atoms with Crippen molar-refractivity contribution in [3.05, 3.63) is 28.2 Å². The molecule has 2 unspecified atom stereocenters. The zero-order valence-corrected chi connectivity index (χ0v) is 17.2. The molecule has 0 saturated carbocycles. The number of amides is 1. The van der Waals surface area contributed by atoms with E-state index in [4.69, 9.17) is 0 Å². The highest BCUT2D eigenvalue weighted by Gasteiger charge is 2.63. The quantitative estimate of drug-likeness (QED) is 0.404. The van der Waals surface area contributed by atoms with Gasteiger partial charge in [0.2, 0.25) is 12.0 Å². The number of anilines is 1. The predicted molar refractivity (Wildman–Crippen MR) is 87.8 cm³/mol. The second kappa shape index (κ2) is 8.79. The van der Waals surface area contributed by atoms with Gasteiger partial charge in [-0.2, -0.15) is 52.7 Å². The van der Waals surface area contributed by atoms with E-state index in [2.05, 4.69) is 25.4 Å². The van der Waals surface area contributed by atoms with Crippen LogP contribution in [0.2, 0.25) is 0 Å². The zero-order valence-electron chi connectivity index (χ0n) is 15.6. The topological polar surface area (TPSA) is 38.8 Å². The van der Waals surface area contributed by atoms with E-state index in [-0.39, 0.29) is 9.37 Å². The molecule has 33 heavy (non-hydrogen) atoms. The van der Waals surface area contributed by atoms with Crippen molar-refractivity contribution in [3.63, 3.8) is 0 Å². The van der Waals surface area contributed by atoms with Crippen LogP contribution in [0.25, 0.3) is 0 Å². The Morgan fingerprint density at radius 1 is 0.848 bits per heavy atom. The first-order valence-corrected chi connectivity index (χ1v) is 9.12. The molecule has 1 aromatic carbocycles. The summed E-state index contributed by atoms with van der Waals surface area (Å²) in [4.78, 5) is 12.1. The Bertz CT molecular complexity index is 851. The molecule has 17 heteroatoms. The Labute approximate surface area is 184 Å². The summed E-state index contributed by atoms with van der Waals surface area (Å²) in [6.07, 6.45) is -39.8. The van der Waals surface area contributed by atoms with Crippen LogP contribution in [0.1, 0.15) is 18.6 Å². The molecule has 0 fully saturated rings. The summed E-state index contributed by atoms with van der Waals surface area (Å²) in [6.45, 7) is 0.602. The first kappa shape index (κ1) is 27.5. The molecule has 2 rings (SSSR count). The minimum Gasteiger partial charge on any atom is -0.348 e. The first-order chi connectivity index (χ1) is 14.7. The number of ether oxygens (including phenoxy) is 2. The van der Waals surface area contributed by atoms with Crippen molar-refractivity contribution in [3.8, 4) is 0 Å². The second-order valence-electron chi connectivity index (χ2n) is 6.60. The highest BCUT2D eigenvalue weighted by atomic mass is 79.9. The van der Waals surface area contributed by atoms with Crippen LogP contribution in [0, 0.1) is 0 Å². The molecule has 1 aliphatic heterocycles. The molecule has 188 valence electrons. The van der Waals surface area contributed by atoms with Crippen LogP contribution in [0.4, 0.5) is 58.4 Å². The monoisotopic (exact) mass is 571 g/mol. The fraction of sp³-hybridized carbons (Fsp3) is 0.562. The van der Waals surface area contributed by atoms with Crippen LogP contribution >= 0.6 is 15.9 Å². The minimum atomic E-state index is -6.19. The number of hydrogen-bond acceptors (Lipinski definition) is 3. The van der Waals surface area contributed by atoms with Gasteiger partial charge < -0.3 is 9.47 Å². The maximum absolute atomic E-state index is 13.0. The van der Waals surface area contributed by atoms with E-state index < -0.39 is 66.4 Å². The molecule has 0 saturated heterocycles. The smallest absolute Gasteiger partial charge is 0.348 e. The Balaban J connectivity index is 2.68. The molecule has 1 amide bonds. The molecule has 0 aromatic heterocycles. The van der Waals surface area contributed by atoms with Gasteiger partial charge in [-0.15, -0.1) is 0 Å². The molecular formula is C16H10BrF12NO3. The third-order valence-corrected chi connectivity index (χ3v) is 4.65. The molecule has 0 aliphatic carbocycles. The Hall–Kier alpha value is -1.75. The van der Waals surface area contributed by atoms with Crippen molar-refractivity contribution in [1.29, 1.82) is 0 Å². The van der Waals surface area contributed by atoms with Crippen molar-refractivity contribution < 1.29 is 67.0 Å². The lowest BCUT2D eigenvalue weighted by molar-refractivity contribution is -0.356. The van der Waals surface area contributed by atoms with Gasteiger partial charge in [-0.05, 0) is 12.1 Å². The number of rotatable bonds is 4.